The number of aryl methyl sites for hydroxylation is 2. The van der Waals surface area contributed by atoms with Crippen LogP contribution in [-0.2, 0) is 9.53 Å². The highest BCUT2D eigenvalue weighted by Crippen LogP contribution is 2.31. The van der Waals surface area contributed by atoms with E-state index < -0.39 is 5.41 Å². The molecule has 4 heteroatoms. The predicted molar refractivity (Wildman–Crippen MR) is 76.3 cm³/mol. The van der Waals surface area contributed by atoms with Gasteiger partial charge in [-0.3, -0.25) is 4.79 Å². The quantitative estimate of drug-likeness (QED) is 0.873. The number of ether oxygens (including phenoxy) is 1. The Morgan fingerprint density at radius 1 is 1.26 bits per heavy atom. The van der Waals surface area contributed by atoms with E-state index in [1.165, 1.54) is 11.1 Å². The molecular weight excluding hydrogens is 240 g/mol. The highest BCUT2D eigenvalue weighted by atomic mass is 16.5. The van der Waals surface area contributed by atoms with E-state index in [1.54, 1.807) is 0 Å². The van der Waals surface area contributed by atoms with Crippen LogP contribution < -0.4 is 11.1 Å². The largest absolute Gasteiger partial charge is 0.379 e. The second kappa shape index (κ2) is 4.94. The smallest absolute Gasteiger partial charge is 0.236 e. The fraction of sp³-hybridized carbons (Fsp3) is 0.533. The highest BCUT2D eigenvalue weighted by Gasteiger charge is 2.44. The Labute approximate surface area is 114 Å². The van der Waals surface area contributed by atoms with Gasteiger partial charge in [0, 0.05) is 12.2 Å². The van der Waals surface area contributed by atoms with Gasteiger partial charge in [0.15, 0.2) is 0 Å². The monoisotopic (exact) mass is 262 g/mol. The van der Waals surface area contributed by atoms with Gasteiger partial charge < -0.3 is 15.8 Å². The minimum Gasteiger partial charge on any atom is -0.379 e. The third kappa shape index (κ3) is 2.26. The van der Waals surface area contributed by atoms with Crippen LogP contribution in [0.25, 0.3) is 0 Å². The summed E-state index contributed by atoms with van der Waals surface area (Å²) in [7, 11) is 0. The van der Waals surface area contributed by atoms with Gasteiger partial charge in [-0.2, -0.15) is 0 Å². The van der Waals surface area contributed by atoms with E-state index in [0.29, 0.717) is 19.8 Å². The summed E-state index contributed by atoms with van der Waals surface area (Å²) in [6, 6.07) is 2.14. The van der Waals surface area contributed by atoms with E-state index >= 15 is 0 Å². The molecule has 0 unspecified atom stereocenters. The van der Waals surface area contributed by atoms with Gasteiger partial charge in [-0.05, 0) is 49.9 Å². The number of hydrogen-bond donors (Lipinski definition) is 2. The Morgan fingerprint density at radius 3 is 2.16 bits per heavy atom. The second-order valence-electron chi connectivity index (χ2n) is 5.57. The van der Waals surface area contributed by atoms with Crippen molar-refractivity contribution in [3.8, 4) is 0 Å². The average Bonchev–Trinajstić information content (AvgIpc) is 2.31. The molecule has 104 valence electrons. The van der Waals surface area contributed by atoms with E-state index in [2.05, 4.69) is 25.2 Å². The summed E-state index contributed by atoms with van der Waals surface area (Å²) in [5, 5.41) is 3.05. The first-order valence-corrected chi connectivity index (χ1v) is 6.58. The zero-order valence-electron chi connectivity index (χ0n) is 12.1. The minimum atomic E-state index is -0.545. The zero-order chi connectivity index (χ0) is 14.2. The summed E-state index contributed by atoms with van der Waals surface area (Å²) in [6.07, 6.45) is 0. The van der Waals surface area contributed by atoms with Crippen molar-refractivity contribution in [1.82, 2.24) is 0 Å². The summed E-state index contributed by atoms with van der Waals surface area (Å²) >= 11 is 0. The van der Waals surface area contributed by atoms with Crippen LogP contribution in [0.15, 0.2) is 6.07 Å². The fourth-order valence-electron chi connectivity index (χ4n) is 2.34. The number of rotatable bonds is 3. The molecule has 1 fully saturated rings. The van der Waals surface area contributed by atoms with Gasteiger partial charge in [0.1, 0.15) is 5.41 Å². The Hall–Kier alpha value is -1.39. The normalized spacial score (nSPS) is 16.9. The molecule has 1 aliphatic rings. The van der Waals surface area contributed by atoms with Crippen LogP contribution in [0, 0.1) is 33.1 Å². The predicted octanol–water partition coefficient (Wildman–Crippen LogP) is 1.83. The lowest BCUT2D eigenvalue weighted by Crippen LogP contribution is -2.56. The first-order chi connectivity index (χ1) is 8.91. The molecule has 1 aromatic carbocycles. The topological polar surface area (TPSA) is 64.4 Å². The van der Waals surface area contributed by atoms with Crippen molar-refractivity contribution in [2.45, 2.75) is 27.7 Å². The van der Waals surface area contributed by atoms with E-state index in [1.807, 2.05) is 13.8 Å². The summed E-state index contributed by atoms with van der Waals surface area (Å²) < 4.78 is 5.16. The molecule has 1 aromatic rings. The molecule has 2 rings (SSSR count). The number of carbonyl (C=O) groups is 1. The number of benzene rings is 1. The number of nitrogens with two attached hydrogens (primary N) is 1. The number of hydrogen-bond acceptors (Lipinski definition) is 3. The van der Waals surface area contributed by atoms with Crippen LogP contribution in [0.4, 0.5) is 5.69 Å². The SMILES string of the molecule is Cc1cc(C)c(C)c(NC(=O)C2(CN)COC2)c1C. The Bertz CT molecular complexity index is 488. The molecule has 1 heterocycles. The lowest BCUT2D eigenvalue weighted by molar-refractivity contribution is -0.153. The van der Waals surface area contributed by atoms with Gasteiger partial charge in [-0.25, -0.2) is 0 Å². The molecule has 4 nitrogen and oxygen atoms in total. The molecule has 0 spiro atoms. The van der Waals surface area contributed by atoms with Gasteiger partial charge in [-0.15, -0.1) is 0 Å². The maximum atomic E-state index is 12.4. The van der Waals surface area contributed by atoms with Crippen molar-refractivity contribution >= 4 is 11.6 Å². The third-order valence-electron chi connectivity index (χ3n) is 4.23. The molecule has 0 bridgehead atoms. The first kappa shape index (κ1) is 14.0. The van der Waals surface area contributed by atoms with Crippen LogP contribution in [0.3, 0.4) is 0 Å². The molecule has 0 radical (unpaired) electrons. The third-order valence-corrected chi connectivity index (χ3v) is 4.23. The van der Waals surface area contributed by atoms with Crippen molar-refractivity contribution in [2.24, 2.45) is 11.1 Å². The van der Waals surface area contributed by atoms with Crippen LogP contribution in [0.5, 0.6) is 0 Å². The lowest BCUT2D eigenvalue weighted by Gasteiger charge is -2.39. The molecule has 0 saturated carbocycles. The van der Waals surface area contributed by atoms with E-state index in [0.717, 1.165) is 16.8 Å². The number of carbonyl (C=O) groups excluding carboxylic acids is 1. The van der Waals surface area contributed by atoms with Crippen molar-refractivity contribution in [3.05, 3.63) is 28.3 Å². The number of amides is 1. The molecule has 0 atom stereocenters. The van der Waals surface area contributed by atoms with Crippen LogP contribution in [0.2, 0.25) is 0 Å². The molecule has 1 amide bonds. The van der Waals surface area contributed by atoms with Crippen LogP contribution >= 0.6 is 0 Å². The van der Waals surface area contributed by atoms with E-state index in [-0.39, 0.29) is 5.91 Å². The zero-order valence-corrected chi connectivity index (χ0v) is 12.1. The van der Waals surface area contributed by atoms with Crippen LogP contribution in [-0.4, -0.2) is 25.7 Å². The highest BCUT2D eigenvalue weighted by molar-refractivity contribution is 5.97. The fourth-order valence-corrected chi connectivity index (χ4v) is 2.34. The molecule has 0 aliphatic carbocycles. The maximum absolute atomic E-state index is 12.4. The summed E-state index contributed by atoms with van der Waals surface area (Å²) in [4.78, 5) is 12.4. The molecule has 1 aliphatic heterocycles. The van der Waals surface area contributed by atoms with Gasteiger partial charge in [-0.1, -0.05) is 6.07 Å². The van der Waals surface area contributed by atoms with Crippen molar-refractivity contribution < 1.29 is 9.53 Å². The van der Waals surface area contributed by atoms with Crippen molar-refractivity contribution in [3.63, 3.8) is 0 Å². The number of nitrogens with one attached hydrogen (secondary N) is 1. The Kier molecular flexibility index (Phi) is 3.65. The van der Waals surface area contributed by atoms with Crippen LogP contribution in [0.1, 0.15) is 22.3 Å². The van der Waals surface area contributed by atoms with E-state index in [9.17, 15) is 4.79 Å². The minimum absolute atomic E-state index is 0.0301. The Morgan fingerprint density at radius 2 is 1.79 bits per heavy atom. The molecule has 1 saturated heterocycles. The molecule has 3 N–H and O–H groups in total. The molecular formula is C15H22N2O2. The van der Waals surface area contributed by atoms with Crippen molar-refractivity contribution in [1.29, 1.82) is 0 Å². The van der Waals surface area contributed by atoms with Gasteiger partial charge >= 0.3 is 0 Å². The standard InChI is InChI=1S/C15H22N2O2/c1-9-5-10(2)12(4)13(11(9)3)17-14(18)15(6-16)7-19-8-15/h5H,6-8,16H2,1-4H3,(H,17,18). The molecule has 0 aromatic heterocycles. The summed E-state index contributed by atoms with van der Waals surface area (Å²) in [5.74, 6) is -0.0301. The van der Waals surface area contributed by atoms with Gasteiger partial charge in [0.05, 0.1) is 13.2 Å². The second-order valence-corrected chi connectivity index (χ2v) is 5.57. The lowest BCUT2D eigenvalue weighted by atomic mass is 9.84. The average molecular weight is 262 g/mol. The first-order valence-electron chi connectivity index (χ1n) is 6.58. The van der Waals surface area contributed by atoms with Gasteiger partial charge in [0.2, 0.25) is 5.91 Å². The Balaban J connectivity index is 2.31. The molecule has 19 heavy (non-hydrogen) atoms. The number of anilines is 1. The maximum Gasteiger partial charge on any atom is 0.236 e. The summed E-state index contributed by atoms with van der Waals surface area (Å²) in [6.45, 7) is 9.33. The summed E-state index contributed by atoms with van der Waals surface area (Å²) in [5.41, 5.74) is 10.7. The van der Waals surface area contributed by atoms with Gasteiger partial charge in [0.25, 0.3) is 0 Å². The van der Waals surface area contributed by atoms with Crippen molar-refractivity contribution in [2.75, 3.05) is 25.1 Å². The van der Waals surface area contributed by atoms with E-state index in [4.69, 9.17) is 10.5 Å².